The van der Waals surface area contributed by atoms with Crippen LogP contribution in [0.3, 0.4) is 0 Å². The predicted molar refractivity (Wildman–Crippen MR) is 88.6 cm³/mol. The van der Waals surface area contributed by atoms with E-state index in [1.807, 2.05) is 30.1 Å². The average Bonchev–Trinajstić information content (AvgIpc) is 2.81. The second-order valence-electron chi connectivity index (χ2n) is 4.78. The lowest BCUT2D eigenvalue weighted by molar-refractivity contribution is 0.0741. The van der Waals surface area contributed by atoms with Crippen LogP contribution in [0.1, 0.15) is 23.7 Å². The summed E-state index contributed by atoms with van der Waals surface area (Å²) >= 11 is 3.21. The van der Waals surface area contributed by atoms with Gasteiger partial charge in [-0.1, -0.05) is 11.3 Å². The number of anilines is 1. The summed E-state index contributed by atoms with van der Waals surface area (Å²) in [6.45, 7) is 2.08. The third-order valence-corrected chi connectivity index (χ3v) is 4.86. The molecule has 0 saturated heterocycles. The zero-order valence-electron chi connectivity index (χ0n) is 11.9. The molecule has 2 aromatic rings. The normalized spacial score (nSPS) is 12.6. The number of hydrogen-bond donors (Lipinski definition) is 1. The van der Waals surface area contributed by atoms with Crippen molar-refractivity contribution in [1.82, 2.24) is 9.88 Å². The first-order chi connectivity index (χ1) is 9.52. The molecule has 0 aliphatic rings. The number of thioether (sulfide) groups is 1. The van der Waals surface area contributed by atoms with Crippen molar-refractivity contribution in [3.8, 4) is 0 Å². The third-order valence-electron chi connectivity index (χ3n) is 3.37. The standard InChI is InChI=1S/C14H19N3OS2/c1-9(6-7-19-3)17(2)13(18)10-4-5-11-12(8-10)20-14(15)16-11/h4-5,8-9H,6-7H2,1-3H3,(H2,15,16). The van der Waals surface area contributed by atoms with E-state index in [1.165, 1.54) is 11.3 Å². The van der Waals surface area contributed by atoms with E-state index in [4.69, 9.17) is 5.73 Å². The molecule has 6 heteroatoms. The minimum Gasteiger partial charge on any atom is -0.375 e. The molecule has 4 nitrogen and oxygen atoms in total. The fourth-order valence-electron chi connectivity index (χ4n) is 1.96. The summed E-state index contributed by atoms with van der Waals surface area (Å²) in [6, 6.07) is 5.79. The molecule has 0 aliphatic heterocycles. The lowest BCUT2D eigenvalue weighted by Gasteiger charge is -2.24. The van der Waals surface area contributed by atoms with Gasteiger partial charge < -0.3 is 10.6 Å². The summed E-state index contributed by atoms with van der Waals surface area (Å²) in [5, 5.41) is 0.534. The van der Waals surface area contributed by atoms with Gasteiger partial charge in [-0.3, -0.25) is 4.79 Å². The number of benzene rings is 1. The maximum absolute atomic E-state index is 12.5. The highest BCUT2D eigenvalue weighted by Gasteiger charge is 2.18. The highest BCUT2D eigenvalue weighted by Crippen LogP contribution is 2.25. The SMILES string of the molecule is CSCCC(C)N(C)C(=O)c1ccc2nc(N)sc2c1. The van der Waals surface area contributed by atoms with Crippen molar-refractivity contribution in [3.63, 3.8) is 0 Å². The minimum atomic E-state index is 0.0486. The molecule has 0 fully saturated rings. The molecule has 1 aromatic carbocycles. The van der Waals surface area contributed by atoms with Crippen molar-refractivity contribution in [2.45, 2.75) is 19.4 Å². The van der Waals surface area contributed by atoms with Gasteiger partial charge in [-0.2, -0.15) is 11.8 Å². The molecule has 1 aromatic heterocycles. The van der Waals surface area contributed by atoms with E-state index in [2.05, 4.69) is 18.2 Å². The van der Waals surface area contributed by atoms with E-state index in [0.717, 1.165) is 22.4 Å². The van der Waals surface area contributed by atoms with Crippen molar-refractivity contribution < 1.29 is 4.79 Å². The lowest BCUT2D eigenvalue weighted by atomic mass is 10.1. The fourth-order valence-corrected chi connectivity index (χ4v) is 3.31. The molecule has 1 unspecified atom stereocenters. The molecule has 0 spiro atoms. The van der Waals surface area contributed by atoms with Crippen LogP contribution in [0.4, 0.5) is 5.13 Å². The molecule has 0 saturated carbocycles. The Balaban J connectivity index is 2.17. The van der Waals surface area contributed by atoms with E-state index < -0.39 is 0 Å². The fraction of sp³-hybridized carbons (Fsp3) is 0.429. The number of amides is 1. The van der Waals surface area contributed by atoms with Gasteiger partial charge in [0.2, 0.25) is 0 Å². The van der Waals surface area contributed by atoms with Crippen LogP contribution in [-0.4, -0.2) is 40.9 Å². The molecule has 0 aliphatic carbocycles. The van der Waals surface area contributed by atoms with Crippen LogP contribution in [0.25, 0.3) is 10.2 Å². The van der Waals surface area contributed by atoms with Crippen LogP contribution in [-0.2, 0) is 0 Å². The second-order valence-corrected chi connectivity index (χ2v) is 6.83. The number of carbonyl (C=O) groups is 1. The van der Waals surface area contributed by atoms with Crippen LogP contribution < -0.4 is 5.73 Å². The van der Waals surface area contributed by atoms with Crippen molar-refractivity contribution in [2.75, 3.05) is 24.8 Å². The summed E-state index contributed by atoms with van der Waals surface area (Å²) in [5.74, 6) is 1.11. The first kappa shape index (κ1) is 15.1. The molecule has 0 bridgehead atoms. The molecule has 1 heterocycles. The summed E-state index contributed by atoms with van der Waals surface area (Å²) in [6.07, 6.45) is 3.08. The van der Waals surface area contributed by atoms with Gasteiger partial charge in [0, 0.05) is 18.7 Å². The van der Waals surface area contributed by atoms with Gasteiger partial charge in [-0.25, -0.2) is 4.98 Å². The van der Waals surface area contributed by atoms with Crippen molar-refractivity contribution in [2.24, 2.45) is 0 Å². The van der Waals surface area contributed by atoms with Crippen molar-refractivity contribution in [1.29, 1.82) is 0 Å². The van der Waals surface area contributed by atoms with Crippen LogP contribution in [0, 0.1) is 0 Å². The maximum atomic E-state index is 12.5. The Morgan fingerprint density at radius 3 is 3.00 bits per heavy atom. The van der Waals surface area contributed by atoms with Crippen LogP contribution in [0.15, 0.2) is 18.2 Å². The van der Waals surface area contributed by atoms with Gasteiger partial charge >= 0.3 is 0 Å². The number of aromatic nitrogens is 1. The van der Waals surface area contributed by atoms with E-state index in [9.17, 15) is 4.79 Å². The summed E-state index contributed by atoms with van der Waals surface area (Å²) in [4.78, 5) is 18.5. The molecule has 20 heavy (non-hydrogen) atoms. The first-order valence-corrected chi connectivity index (χ1v) is 8.66. The Morgan fingerprint density at radius 2 is 2.30 bits per heavy atom. The topological polar surface area (TPSA) is 59.2 Å². The number of fused-ring (bicyclic) bond motifs is 1. The van der Waals surface area contributed by atoms with E-state index in [0.29, 0.717) is 10.7 Å². The lowest BCUT2D eigenvalue weighted by Crippen LogP contribution is -2.35. The highest BCUT2D eigenvalue weighted by atomic mass is 32.2. The van der Waals surface area contributed by atoms with Crippen LogP contribution in [0.5, 0.6) is 0 Å². The summed E-state index contributed by atoms with van der Waals surface area (Å²) in [7, 11) is 1.86. The van der Waals surface area contributed by atoms with Gasteiger partial charge in [0.1, 0.15) is 0 Å². The monoisotopic (exact) mass is 309 g/mol. The molecule has 2 rings (SSSR count). The van der Waals surface area contributed by atoms with Gasteiger partial charge in [0.15, 0.2) is 5.13 Å². The average molecular weight is 309 g/mol. The molecule has 1 atom stereocenters. The number of nitrogens with two attached hydrogens (primary N) is 1. The van der Waals surface area contributed by atoms with Crippen LogP contribution in [0.2, 0.25) is 0 Å². The number of thiazole rings is 1. The smallest absolute Gasteiger partial charge is 0.253 e. The Kier molecular flexibility index (Phi) is 4.88. The number of nitrogens with zero attached hydrogens (tertiary/aromatic N) is 2. The first-order valence-electron chi connectivity index (χ1n) is 6.45. The summed E-state index contributed by atoms with van der Waals surface area (Å²) in [5.41, 5.74) is 7.23. The van der Waals surface area contributed by atoms with E-state index in [1.54, 1.807) is 11.8 Å². The minimum absolute atomic E-state index is 0.0486. The van der Waals surface area contributed by atoms with Gasteiger partial charge in [0.05, 0.1) is 10.2 Å². The zero-order chi connectivity index (χ0) is 14.7. The maximum Gasteiger partial charge on any atom is 0.253 e. The zero-order valence-corrected chi connectivity index (χ0v) is 13.6. The number of carbonyl (C=O) groups excluding carboxylic acids is 1. The quantitative estimate of drug-likeness (QED) is 0.922. The largest absolute Gasteiger partial charge is 0.375 e. The molecule has 1 amide bonds. The van der Waals surface area contributed by atoms with Crippen LogP contribution >= 0.6 is 23.1 Å². The Hall–Kier alpha value is -1.27. The number of rotatable bonds is 5. The highest BCUT2D eigenvalue weighted by molar-refractivity contribution is 7.98. The van der Waals surface area contributed by atoms with Crippen molar-refractivity contribution >= 4 is 44.4 Å². The van der Waals surface area contributed by atoms with Gasteiger partial charge in [0.25, 0.3) is 5.91 Å². The Labute approximate surface area is 127 Å². The Bertz CT molecular complexity index is 611. The second kappa shape index (κ2) is 6.45. The molecule has 2 N–H and O–H groups in total. The van der Waals surface area contributed by atoms with Gasteiger partial charge in [-0.15, -0.1) is 0 Å². The van der Waals surface area contributed by atoms with Gasteiger partial charge in [-0.05, 0) is 43.6 Å². The molecular formula is C14H19N3OS2. The number of hydrogen-bond acceptors (Lipinski definition) is 5. The molecule has 0 radical (unpaired) electrons. The van der Waals surface area contributed by atoms with Crippen molar-refractivity contribution in [3.05, 3.63) is 23.8 Å². The molecule has 108 valence electrons. The Morgan fingerprint density at radius 1 is 1.55 bits per heavy atom. The summed E-state index contributed by atoms with van der Waals surface area (Å²) < 4.78 is 0.957. The molecular weight excluding hydrogens is 290 g/mol. The van der Waals surface area contributed by atoms with E-state index >= 15 is 0 Å². The number of nitrogen functional groups attached to an aromatic ring is 1. The van der Waals surface area contributed by atoms with E-state index in [-0.39, 0.29) is 11.9 Å². The third kappa shape index (κ3) is 3.24. The predicted octanol–water partition coefficient (Wildman–Crippen LogP) is 3.09.